The number of fused-ring (bicyclic) bond motifs is 1. The zero-order valence-corrected chi connectivity index (χ0v) is 23.2. The van der Waals surface area contributed by atoms with Gasteiger partial charge in [-0.15, -0.1) is 11.8 Å². The zero-order valence-electron chi connectivity index (χ0n) is 22.3. The van der Waals surface area contributed by atoms with Gasteiger partial charge >= 0.3 is 0 Å². The number of nitrogens with one attached hydrogen (secondary N) is 1. The van der Waals surface area contributed by atoms with Crippen molar-refractivity contribution in [2.75, 3.05) is 17.2 Å². The van der Waals surface area contributed by atoms with Crippen LogP contribution < -0.4 is 10.2 Å². The second-order valence-corrected chi connectivity index (χ2v) is 11.7. The highest BCUT2D eigenvalue weighted by Gasteiger charge is 2.40. The number of para-hydroxylation sites is 1. The molecule has 0 spiro atoms. The first-order chi connectivity index (χ1) is 17.5. The molecular weight excluding hydrogens is 487 g/mol. The first-order valence-corrected chi connectivity index (χ1v) is 13.7. The van der Waals surface area contributed by atoms with Gasteiger partial charge < -0.3 is 5.32 Å². The van der Waals surface area contributed by atoms with Crippen LogP contribution >= 0.6 is 11.8 Å². The number of thioether (sulfide) groups is 1. The minimum atomic E-state index is -0.373. The highest BCUT2D eigenvalue weighted by atomic mass is 32.2. The van der Waals surface area contributed by atoms with Crippen LogP contribution in [0.2, 0.25) is 0 Å². The Hall–Kier alpha value is -3.13. The number of aromatic nitrogens is 2. The first-order valence-electron chi connectivity index (χ1n) is 12.7. The van der Waals surface area contributed by atoms with E-state index in [0.29, 0.717) is 5.82 Å². The second-order valence-electron chi connectivity index (χ2n) is 10.6. The Bertz CT molecular complexity index is 1310. The monoisotopic (exact) mass is 522 g/mol. The summed E-state index contributed by atoms with van der Waals surface area (Å²) in [5.74, 6) is -0.00662. The number of hydrogen-bond acceptors (Lipinski definition) is 4. The molecule has 0 saturated heterocycles. The van der Waals surface area contributed by atoms with Crippen LogP contribution in [-0.4, -0.2) is 39.9 Å². The van der Waals surface area contributed by atoms with Crippen LogP contribution in [0.3, 0.4) is 0 Å². The van der Waals surface area contributed by atoms with Gasteiger partial charge in [0, 0.05) is 17.0 Å². The van der Waals surface area contributed by atoms with Crippen LogP contribution in [0.1, 0.15) is 68.7 Å². The van der Waals surface area contributed by atoms with Gasteiger partial charge in [-0.1, -0.05) is 58.0 Å². The predicted octanol–water partition coefficient (Wildman–Crippen LogP) is 5.70. The third kappa shape index (κ3) is 5.59. The summed E-state index contributed by atoms with van der Waals surface area (Å²) in [5, 5.41) is 7.75. The van der Waals surface area contributed by atoms with Crippen LogP contribution in [0.25, 0.3) is 5.69 Å². The van der Waals surface area contributed by atoms with Crippen molar-refractivity contribution < 1.29 is 14.0 Å². The normalized spacial score (nSPS) is 16.8. The van der Waals surface area contributed by atoms with Crippen LogP contribution in [0.4, 0.5) is 10.2 Å². The molecule has 1 aliphatic rings. The Kier molecular flexibility index (Phi) is 7.78. The van der Waals surface area contributed by atoms with Gasteiger partial charge in [0.05, 0.1) is 22.4 Å². The maximum atomic E-state index is 14.4. The number of halogens is 1. The topological polar surface area (TPSA) is 67.2 Å². The molecule has 2 atom stereocenters. The average molecular weight is 523 g/mol. The minimum Gasteiger partial charge on any atom is -0.352 e. The molecule has 0 bridgehead atoms. The second kappa shape index (κ2) is 10.7. The quantitative estimate of drug-likeness (QED) is 0.451. The number of benzene rings is 2. The molecule has 1 aliphatic heterocycles. The van der Waals surface area contributed by atoms with Gasteiger partial charge in [0.2, 0.25) is 11.8 Å². The summed E-state index contributed by atoms with van der Waals surface area (Å²) >= 11 is 1.45. The molecule has 0 aliphatic carbocycles. The lowest BCUT2D eigenvalue weighted by Gasteiger charge is -2.25. The molecule has 3 aromatic rings. The van der Waals surface area contributed by atoms with Crippen molar-refractivity contribution in [3.05, 3.63) is 76.7 Å². The summed E-state index contributed by atoms with van der Waals surface area (Å²) in [6, 6.07) is 14.4. The van der Waals surface area contributed by atoms with Gasteiger partial charge in [0.1, 0.15) is 18.2 Å². The van der Waals surface area contributed by atoms with E-state index in [9.17, 15) is 14.0 Å². The van der Waals surface area contributed by atoms with Gasteiger partial charge in [-0.05, 0) is 49.6 Å². The summed E-state index contributed by atoms with van der Waals surface area (Å²) in [7, 11) is 0. The van der Waals surface area contributed by atoms with Crippen molar-refractivity contribution >= 4 is 29.4 Å². The molecule has 8 heteroatoms. The molecule has 6 nitrogen and oxygen atoms in total. The number of rotatable bonds is 6. The number of hydrogen-bond donors (Lipinski definition) is 1. The van der Waals surface area contributed by atoms with Crippen LogP contribution in [0.5, 0.6) is 0 Å². The van der Waals surface area contributed by atoms with Crippen LogP contribution in [0, 0.1) is 12.7 Å². The molecule has 37 heavy (non-hydrogen) atoms. The van der Waals surface area contributed by atoms with E-state index in [4.69, 9.17) is 5.10 Å². The lowest BCUT2D eigenvalue weighted by Crippen LogP contribution is -2.44. The molecule has 2 aromatic carbocycles. The molecule has 1 aromatic heterocycles. The van der Waals surface area contributed by atoms with Crippen molar-refractivity contribution in [3.63, 3.8) is 0 Å². The summed E-state index contributed by atoms with van der Waals surface area (Å²) < 4.78 is 16.2. The summed E-state index contributed by atoms with van der Waals surface area (Å²) in [5.41, 5.74) is 3.87. The zero-order chi connectivity index (χ0) is 26.9. The third-order valence-corrected chi connectivity index (χ3v) is 7.87. The van der Waals surface area contributed by atoms with Crippen LogP contribution in [0.15, 0.2) is 48.5 Å². The molecule has 2 amide bonds. The van der Waals surface area contributed by atoms with Crippen molar-refractivity contribution in [2.24, 2.45) is 0 Å². The fraction of sp³-hybridized carbons (Fsp3) is 0.414. The average Bonchev–Trinajstić information content (AvgIpc) is 3.17. The maximum absolute atomic E-state index is 14.4. The predicted molar refractivity (Wildman–Crippen MR) is 148 cm³/mol. The molecule has 0 saturated carbocycles. The Balaban J connectivity index is 2.00. The number of amides is 2. The van der Waals surface area contributed by atoms with Gasteiger partial charge in [-0.25, -0.2) is 9.07 Å². The number of anilines is 1. The Morgan fingerprint density at radius 2 is 1.95 bits per heavy atom. The van der Waals surface area contributed by atoms with Gasteiger partial charge in [-0.3, -0.25) is 14.5 Å². The first kappa shape index (κ1) is 26.9. The van der Waals surface area contributed by atoms with Gasteiger partial charge in [0.15, 0.2) is 0 Å². The third-order valence-electron chi connectivity index (χ3n) is 6.62. The van der Waals surface area contributed by atoms with Gasteiger partial charge in [-0.2, -0.15) is 5.10 Å². The summed E-state index contributed by atoms with van der Waals surface area (Å²) in [6.07, 6.45) is 0.789. The number of carbonyl (C=O) groups excluding carboxylic acids is 2. The molecule has 0 fully saturated rings. The molecule has 0 unspecified atom stereocenters. The highest BCUT2D eigenvalue weighted by molar-refractivity contribution is 8.00. The van der Waals surface area contributed by atoms with Gasteiger partial charge in [0.25, 0.3) is 0 Å². The summed E-state index contributed by atoms with van der Waals surface area (Å²) in [4.78, 5) is 28.3. The molecule has 1 N–H and O–H groups in total. The summed E-state index contributed by atoms with van der Waals surface area (Å²) in [6.45, 7) is 12.1. The Labute approximate surface area is 222 Å². The smallest absolute Gasteiger partial charge is 0.240 e. The number of nitrogens with zero attached hydrogens (tertiary/aromatic N) is 3. The van der Waals surface area contributed by atoms with Crippen molar-refractivity contribution in [2.45, 2.75) is 64.7 Å². The van der Waals surface area contributed by atoms with E-state index in [0.717, 1.165) is 34.5 Å². The van der Waals surface area contributed by atoms with E-state index in [1.807, 2.05) is 51.1 Å². The van der Waals surface area contributed by atoms with Crippen molar-refractivity contribution in [3.8, 4) is 5.69 Å². The largest absolute Gasteiger partial charge is 0.352 e. The fourth-order valence-electron chi connectivity index (χ4n) is 4.54. The van der Waals surface area contributed by atoms with E-state index in [1.165, 1.54) is 23.9 Å². The SMILES string of the molecule is CC[C@H](C)NC(=O)CN1C(=O)CS[C@@H](c2cccc(F)c2)c2c(C(C)(C)C)nn(-c3ccccc3C)c21. The highest BCUT2D eigenvalue weighted by Crippen LogP contribution is 2.48. The maximum Gasteiger partial charge on any atom is 0.240 e. The molecule has 196 valence electrons. The lowest BCUT2D eigenvalue weighted by atomic mass is 9.87. The Morgan fingerprint density at radius 3 is 2.59 bits per heavy atom. The number of aryl methyl sites for hydroxylation is 1. The van der Waals surface area contributed by atoms with E-state index in [2.05, 4.69) is 26.1 Å². The van der Waals surface area contributed by atoms with Crippen molar-refractivity contribution in [1.29, 1.82) is 0 Å². The van der Waals surface area contributed by atoms with E-state index < -0.39 is 0 Å². The Morgan fingerprint density at radius 1 is 1.22 bits per heavy atom. The number of carbonyl (C=O) groups is 2. The minimum absolute atomic E-state index is 0.00474. The van der Waals surface area contributed by atoms with E-state index >= 15 is 0 Å². The van der Waals surface area contributed by atoms with Crippen LogP contribution in [-0.2, 0) is 15.0 Å². The molecule has 4 rings (SSSR count). The van der Waals surface area contributed by atoms with E-state index in [1.54, 1.807) is 15.6 Å². The fourth-order valence-corrected chi connectivity index (χ4v) is 5.73. The van der Waals surface area contributed by atoms with E-state index in [-0.39, 0.29) is 46.6 Å². The standard InChI is InChI=1S/C29H35FN4O2S/c1-7-19(3)31-23(35)16-33-24(36)17-37-26(20-12-10-13-21(30)15-20)25-27(29(4,5)6)32-34(28(25)33)22-14-9-8-11-18(22)2/h8-15,19,26H,7,16-17H2,1-6H3,(H,31,35)/t19-,26-/m0/s1. The molecular formula is C29H35FN4O2S. The molecule has 0 radical (unpaired) electrons. The van der Waals surface area contributed by atoms with Crippen molar-refractivity contribution in [1.82, 2.24) is 15.1 Å². The molecule has 2 heterocycles. The lowest BCUT2D eigenvalue weighted by molar-refractivity contribution is -0.123.